The number of carbonyl (C=O) groups excluding carboxylic acids is 1. The number of aliphatic imine (C=N–C) groups is 1. The molecule has 0 saturated carbocycles. The second-order valence-electron chi connectivity index (χ2n) is 7.06. The van der Waals surface area contributed by atoms with Gasteiger partial charge in [-0.2, -0.15) is 0 Å². The van der Waals surface area contributed by atoms with Crippen molar-refractivity contribution in [2.75, 3.05) is 0 Å². The Bertz CT molecular complexity index is 1310. The van der Waals surface area contributed by atoms with E-state index in [4.69, 9.17) is 9.98 Å². The molecular weight excluding hydrogens is 379 g/mol. The molecule has 0 bridgehead atoms. The van der Waals surface area contributed by atoms with Gasteiger partial charge in [-0.05, 0) is 49.4 Å². The highest BCUT2D eigenvalue weighted by atomic mass is 19.1. The minimum atomic E-state index is -0.357. The number of fused-ring (bicyclic) bond motifs is 3. The zero-order chi connectivity index (χ0) is 20.7. The van der Waals surface area contributed by atoms with Gasteiger partial charge in [0.25, 0.3) is 0 Å². The molecule has 5 nitrogen and oxygen atoms in total. The predicted molar refractivity (Wildman–Crippen MR) is 113 cm³/mol. The van der Waals surface area contributed by atoms with Crippen molar-refractivity contribution in [2.45, 2.75) is 13.5 Å². The number of ketones is 1. The smallest absolute Gasteiger partial charge is 0.159 e. The number of aromatic nitrogens is 3. The normalized spacial score (nSPS) is 12.5. The molecule has 30 heavy (non-hydrogen) atoms. The number of pyridine rings is 1. The third-order valence-corrected chi connectivity index (χ3v) is 5.13. The Morgan fingerprint density at radius 3 is 2.60 bits per heavy atom. The fraction of sp³-hybridized carbons (Fsp3) is 0.0833. The van der Waals surface area contributed by atoms with Gasteiger partial charge in [0.1, 0.15) is 17.3 Å². The van der Waals surface area contributed by atoms with Crippen molar-refractivity contribution in [1.29, 1.82) is 0 Å². The number of hydrogen-bond acceptors (Lipinski definition) is 4. The second-order valence-corrected chi connectivity index (χ2v) is 7.06. The molecule has 6 heteroatoms. The lowest BCUT2D eigenvalue weighted by Crippen LogP contribution is -2.10. The lowest BCUT2D eigenvalue weighted by molar-refractivity contribution is 0.101. The van der Waals surface area contributed by atoms with Crippen molar-refractivity contribution in [3.8, 4) is 17.1 Å². The first kappa shape index (κ1) is 18.1. The Labute approximate surface area is 172 Å². The van der Waals surface area contributed by atoms with Crippen LogP contribution in [0.3, 0.4) is 0 Å². The Balaban J connectivity index is 1.74. The summed E-state index contributed by atoms with van der Waals surface area (Å²) in [7, 11) is 0. The molecule has 0 fully saturated rings. The highest BCUT2D eigenvalue weighted by Gasteiger charge is 2.23. The van der Waals surface area contributed by atoms with Crippen LogP contribution in [0.4, 0.5) is 4.39 Å². The van der Waals surface area contributed by atoms with Crippen molar-refractivity contribution < 1.29 is 9.18 Å². The lowest BCUT2D eigenvalue weighted by atomic mass is 9.97. The molecule has 0 unspecified atom stereocenters. The number of halogens is 1. The predicted octanol–water partition coefficient (Wildman–Crippen LogP) is 4.63. The van der Waals surface area contributed by atoms with E-state index in [1.165, 1.54) is 13.0 Å². The number of imidazole rings is 1. The van der Waals surface area contributed by atoms with Gasteiger partial charge in [-0.15, -0.1) is 0 Å². The van der Waals surface area contributed by atoms with Crippen LogP contribution in [-0.2, 0) is 6.54 Å². The molecule has 2 aromatic carbocycles. The Morgan fingerprint density at radius 1 is 1.00 bits per heavy atom. The summed E-state index contributed by atoms with van der Waals surface area (Å²) in [5, 5.41) is 0. The molecule has 5 rings (SSSR count). The average molecular weight is 396 g/mol. The number of carbonyl (C=O) groups is 1. The van der Waals surface area contributed by atoms with Gasteiger partial charge in [0, 0.05) is 29.1 Å². The monoisotopic (exact) mass is 396 g/mol. The Hall–Kier alpha value is -3.93. The number of benzene rings is 2. The number of hydrogen-bond donors (Lipinski definition) is 0. The van der Waals surface area contributed by atoms with Crippen LogP contribution in [0, 0.1) is 5.82 Å². The fourth-order valence-electron chi connectivity index (χ4n) is 3.65. The molecular formula is C24H17FN4O. The van der Waals surface area contributed by atoms with Crippen LogP contribution in [0.1, 0.15) is 34.2 Å². The maximum absolute atomic E-state index is 14.6. The van der Waals surface area contributed by atoms with Crippen LogP contribution >= 0.6 is 0 Å². The largest absolute Gasteiger partial charge is 0.301 e. The molecule has 0 radical (unpaired) electrons. The van der Waals surface area contributed by atoms with Crippen LogP contribution in [0.2, 0.25) is 0 Å². The zero-order valence-electron chi connectivity index (χ0n) is 16.2. The van der Waals surface area contributed by atoms with Crippen molar-refractivity contribution in [3.63, 3.8) is 0 Å². The molecule has 2 aromatic heterocycles. The molecule has 3 heterocycles. The molecule has 0 atom stereocenters. The van der Waals surface area contributed by atoms with Gasteiger partial charge in [0.05, 0.1) is 23.6 Å². The van der Waals surface area contributed by atoms with E-state index < -0.39 is 0 Å². The summed E-state index contributed by atoms with van der Waals surface area (Å²) < 4.78 is 16.6. The summed E-state index contributed by atoms with van der Waals surface area (Å²) in [4.78, 5) is 25.8. The summed E-state index contributed by atoms with van der Waals surface area (Å²) in [5.74, 6) is 0.304. The van der Waals surface area contributed by atoms with Gasteiger partial charge in [-0.3, -0.25) is 14.8 Å². The van der Waals surface area contributed by atoms with Crippen LogP contribution < -0.4 is 0 Å². The van der Waals surface area contributed by atoms with E-state index in [-0.39, 0.29) is 18.1 Å². The number of rotatable bonds is 3. The van der Waals surface area contributed by atoms with Crippen LogP contribution in [-0.4, -0.2) is 26.0 Å². The molecule has 0 N–H and O–H groups in total. The van der Waals surface area contributed by atoms with E-state index in [9.17, 15) is 9.18 Å². The van der Waals surface area contributed by atoms with E-state index >= 15 is 0 Å². The van der Waals surface area contributed by atoms with Gasteiger partial charge in [0.2, 0.25) is 0 Å². The van der Waals surface area contributed by atoms with E-state index in [1.54, 1.807) is 36.5 Å². The highest BCUT2D eigenvalue weighted by Crippen LogP contribution is 2.29. The Kier molecular flexibility index (Phi) is 4.32. The summed E-state index contributed by atoms with van der Waals surface area (Å²) in [6, 6.07) is 17.6. The van der Waals surface area contributed by atoms with E-state index in [1.807, 2.05) is 35.0 Å². The molecule has 1 aliphatic heterocycles. The first-order valence-electron chi connectivity index (χ1n) is 9.56. The van der Waals surface area contributed by atoms with E-state index in [0.29, 0.717) is 22.4 Å². The third kappa shape index (κ3) is 3.03. The quantitative estimate of drug-likeness (QED) is 0.475. The first-order chi connectivity index (χ1) is 14.6. The topological polar surface area (TPSA) is 60.1 Å². The summed E-state index contributed by atoms with van der Waals surface area (Å²) in [6.07, 6.45) is 3.63. The van der Waals surface area contributed by atoms with Crippen molar-refractivity contribution in [3.05, 3.63) is 101 Å². The number of Topliss-reactive ketones (excluding diaryl/α,β-unsaturated/α-hetero) is 1. The zero-order valence-corrected chi connectivity index (χ0v) is 16.2. The maximum Gasteiger partial charge on any atom is 0.159 e. The molecule has 1 aliphatic rings. The van der Waals surface area contributed by atoms with Crippen molar-refractivity contribution in [2.24, 2.45) is 4.99 Å². The molecule has 0 amide bonds. The second kappa shape index (κ2) is 7.15. The van der Waals surface area contributed by atoms with Crippen molar-refractivity contribution in [1.82, 2.24) is 14.5 Å². The van der Waals surface area contributed by atoms with E-state index in [0.717, 1.165) is 22.9 Å². The summed E-state index contributed by atoms with van der Waals surface area (Å²) >= 11 is 0. The minimum Gasteiger partial charge on any atom is -0.301 e. The lowest BCUT2D eigenvalue weighted by Gasteiger charge is -2.13. The first-order valence-corrected chi connectivity index (χ1v) is 9.56. The van der Waals surface area contributed by atoms with Gasteiger partial charge >= 0.3 is 0 Å². The van der Waals surface area contributed by atoms with Crippen molar-refractivity contribution >= 4 is 11.5 Å². The SMILES string of the molecule is CC(=O)c1ccc2c(c1)C(c1ccccc1F)=NCc1nc(-c3ccccn3)cn1-2. The third-order valence-electron chi connectivity index (χ3n) is 5.13. The van der Waals surface area contributed by atoms with Gasteiger partial charge in [-0.1, -0.05) is 18.2 Å². The molecule has 0 saturated heterocycles. The fourth-order valence-corrected chi connectivity index (χ4v) is 3.65. The van der Waals surface area contributed by atoms with Gasteiger partial charge in [0.15, 0.2) is 5.78 Å². The standard InChI is InChI=1S/C24H17FN4O/c1-15(30)16-9-10-22-18(12-16)24(17-6-2-3-7-19(17)25)27-13-23-28-21(14-29(22)23)20-8-4-5-11-26-20/h2-12,14H,13H2,1H3. The average Bonchev–Trinajstić information content (AvgIpc) is 3.13. The van der Waals surface area contributed by atoms with Gasteiger partial charge < -0.3 is 4.57 Å². The van der Waals surface area contributed by atoms with Crippen LogP contribution in [0.25, 0.3) is 17.1 Å². The molecule has 4 aromatic rings. The maximum atomic E-state index is 14.6. The molecule has 0 spiro atoms. The van der Waals surface area contributed by atoms with Crippen LogP contribution in [0.5, 0.6) is 0 Å². The molecule has 0 aliphatic carbocycles. The Morgan fingerprint density at radius 2 is 1.83 bits per heavy atom. The highest BCUT2D eigenvalue weighted by molar-refractivity contribution is 6.16. The van der Waals surface area contributed by atoms with Gasteiger partial charge in [-0.25, -0.2) is 9.37 Å². The summed E-state index contributed by atoms with van der Waals surface area (Å²) in [6.45, 7) is 1.79. The summed E-state index contributed by atoms with van der Waals surface area (Å²) in [5.41, 5.74) is 4.44. The van der Waals surface area contributed by atoms with E-state index in [2.05, 4.69) is 4.98 Å². The minimum absolute atomic E-state index is 0.0602. The molecule has 146 valence electrons. The number of nitrogens with zero attached hydrogens (tertiary/aromatic N) is 4. The van der Waals surface area contributed by atoms with Crippen LogP contribution in [0.15, 0.2) is 78.0 Å².